The number of aryl methyl sites for hydroxylation is 1. The van der Waals surface area contributed by atoms with Gasteiger partial charge in [0.1, 0.15) is 24.4 Å². The van der Waals surface area contributed by atoms with Crippen molar-refractivity contribution in [3.63, 3.8) is 0 Å². The zero-order valence-corrected chi connectivity index (χ0v) is 14.2. The van der Waals surface area contributed by atoms with E-state index in [0.29, 0.717) is 11.3 Å². The van der Waals surface area contributed by atoms with Gasteiger partial charge in [-0.05, 0) is 19.9 Å². The van der Waals surface area contributed by atoms with Crippen molar-refractivity contribution >= 4 is 5.78 Å². The third-order valence-electron chi connectivity index (χ3n) is 3.28. The molecular formula is C15H16IN3O2. The number of nitrogens with zero attached hydrogens (tertiary/aromatic N) is 2. The van der Waals surface area contributed by atoms with E-state index in [-0.39, 0.29) is 41.2 Å². The first-order valence-corrected chi connectivity index (χ1v) is 6.20. The van der Waals surface area contributed by atoms with Gasteiger partial charge < -0.3 is 34.4 Å². The van der Waals surface area contributed by atoms with Crippen LogP contribution < -0.4 is 34.3 Å². The zero-order chi connectivity index (χ0) is 14.9. The molecule has 0 aliphatic carbocycles. The van der Waals surface area contributed by atoms with Crippen molar-refractivity contribution in [1.82, 2.24) is 0 Å². The van der Waals surface area contributed by atoms with E-state index in [1.165, 1.54) is 6.92 Å². The molecule has 2 rings (SSSR count). The smallest absolute Gasteiger partial charge is 0.205 e. The van der Waals surface area contributed by atoms with Crippen molar-refractivity contribution in [3.05, 3.63) is 52.9 Å². The Kier molecular flexibility index (Phi) is 5.49. The summed E-state index contributed by atoms with van der Waals surface area (Å²) in [6, 6.07) is 5.80. The third-order valence-corrected chi connectivity index (χ3v) is 3.28. The average molecular weight is 397 g/mol. The summed E-state index contributed by atoms with van der Waals surface area (Å²) in [6.45, 7) is 3.16. The Bertz CT molecular complexity index is 686. The van der Waals surface area contributed by atoms with Crippen molar-refractivity contribution < 1.29 is 38.1 Å². The minimum absolute atomic E-state index is 0. The maximum absolute atomic E-state index is 11.9. The number of hydrogen-bond donors (Lipinski definition) is 1. The van der Waals surface area contributed by atoms with Crippen LogP contribution in [0.1, 0.15) is 25.3 Å². The number of hydrogen-bond acceptors (Lipinski definition) is 4. The van der Waals surface area contributed by atoms with Crippen LogP contribution in [-0.2, 0) is 16.6 Å². The molecule has 1 unspecified atom stereocenters. The molecule has 0 bridgehead atoms. The maximum Gasteiger partial charge on any atom is 0.205 e. The Hall–Kier alpha value is -1.88. The summed E-state index contributed by atoms with van der Waals surface area (Å²) in [6.07, 6.45) is 3.75. The molecule has 1 aliphatic heterocycles. The van der Waals surface area contributed by atoms with E-state index in [9.17, 15) is 10.1 Å². The van der Waals surface area contributed by atoms with Crippen LogP contribution in [0.5, 0.6) is 0 Å². The van der Waals surface area contributed by atoms with Gasteiger partial charge in [-0.15, -0.1) is 0 Å². The molecule has 0 radical (unpaired) electrons. The molecule has 1 aromatic rings. The van der Waals surface area contributed by atoms with E-state index in [1.54, 1.807) is 6.92 Å². The third kappa shape index (κ3) is 3.24. The predicted molar refractivity (Wildman–Crippen MR) is 71.7 cm³/mol. The van der Waals surface area contributed by atoms with Gasteiger partial charge in [-0.1, -0.05) is 0 Å². The Morgan fingerprint density at radius 2 is 2.19 bits per heavy atom. The largest absolute Gasteiger partial charge is 1.00 e. The lowest BCUT2D eigenvalue weighted by atomic mass is 9.82. The number of ether oxygens (including phenoxy) is 1. The summed E-state index contributed by atoms with van der Waals surface area (Å²) in [5.74, 6) is -0.0880. The fourth-order valence-electron chi connectivity index (χ4n) is 2.45. The summed E-state index contributed by atoms with van der Waals surface area (Å²) in [5.41, 5.74) is 7.37. The average Bonchev–Trinajstić information content (AvgIpc) is 2.37. The molecule has 6 heteroatoms. The molecule has 0 amide bonds. The van der Waals surface area contributed by atoms with E-state index in [0.717, 1.165) is 5.56 Å². The quantitative estimate of drug-likeness (QED) is 0.471. The van der Waals surface area contributed by atoms with Gasteiger partial charge in [0.25, 0.3) is 0 Å². The Morgan fingerprint density at radius 1 is 1.52 bits per heavy atom. The summed E-state index contributed by atoms with van der Waals surface area (Å²) in [4.78, 5) is 11.9. The molecule has 2 heterocycles. The van der Waals surface area contributed by atoms with Crippen LogP contribution in [0.4, 0.5) is 0 Å². The fraction of sp³-hybridized carbons (Fsp3) is 0.267. The normalized spacial score (nSPS) is 17.7. The number of aromatic nitrogens is 1. The first-order valence-electron chi connectivity index (χ1n) is 6.20. The summed E-state index contributed by atoms with van der Waals surface area (Å²) < 4.78 is 7.20. The predicted octanol–water partition coefficient (Wildman–Crippen LogP) is -1.81. The minimum Gasteiger partial charge on any atom is -1.00 e. The van der Waals surface area contributed by atoms with Crippen molar-refractivity contribution in [1.29, 1.82) is 5.26 Å². The van der Waals surface area contributed by atoms with E-state index >= 15 is 0 Å². The van der Waals surface area contributed by atoms with E-state index in [4.69, 9.17) is 10.5 Å². The van der Waals surface area contributed by atoms with Gasteiger partial charge in [0, 0.05) is 17.2 Å². The molecule has 5 nitrogen and oxygen atoms in total. The topological polar surface area (TPSA) is 80.0 Å². The molecule has 0 saturated heterocycles. The van der Waals surface area contributed by atoms with E-state index in [2.05, 4.69) is 6.07 Å². The summed E-state index contributed by atoms with van der Waals surface area (Å²) in [7, 11) is 1.88. The highest BCUT2D eigenvalue weighted by Gasteiger charge is 2.34. The molecule has 21 heavy (non-hydrogen) atoms. The second-order valence-corrected chi connectivity index (χ2v) is 4.75. The van der Waals surface area contributed by atoms with Gasteiger partial charge in [0.15, 0.2) is 18.2 Å². The molecule has 1 aliphatic rings. The highest BCUT2D eigenvalue weighted by Crippen LogP contribution is 2.38. The number of halogens is 1. The Morgan fingerprint density at radius 3 is 2.71 bits per heavy atom. The van der Waals surface area contributed by atoms with Gasteiger partial charge in [0.2, 0.25) is 5.88 Å². The van der Waals surface area contributed by atoms with Gasteiger partial charge in [-0.25, -0.2) is 4.57 Å². The van der Waals surface area contributed by atoms with Gasteiger partial charge in [-0.2, -0.15) is 5.26 Å². The number of allylic oxidation sites excluding steroid dienone is 3. The number of Topliss-reactive ketones (excluding diaryl/α,β-unsaturated/α-hetero) is 1. The SMILES string of the molecule is CC(=O)C1=C(C)OC(N)=C(C#N)C1c1ccc[n+](C)c1.[I-]. The first kappa shape index (κ1) is 17.2. The lowest BCUT2D eigenvalue weighted by Gasteiger charge is -2.25. The van der Waals surface area contributed by atoms with Crippen LogP contribution in [0.3, 0.4) is 0 Å². The number of carbonyl (C=O) groups excluding carboxylic acids is 1. The van der Waals surface area contributed by atoms with Crippen molar-refractivity contribution in [2.45, 2.75) is 19.8 Å². The fourth-order valence-corrected chi connectivity index (χ4v) is 2.45. The highest BCUT2D eigenvalue weighted by molar-refractivity contribution is 5.96. The van der Waals surface area contributed by atoms with E-state index in [1.807, 2.05) is 36.1 Å². The van der Waals surface area contributed by atoms with Gasteiger partial charge in [-0.3, -0.25) is 4.79 Å². The number of nitrogens with two attached hydrogens (primary N) is 1. The van der Waals surface area contributed by atoms with Crippen LogP contribution in [0.25, 0.3) is 0 Å². The van der Waals surface area contributed by atoms with Gasteiger partial charge in [0.05, 0.1) is 5.92 Å². The highest BCUT2D eigenvalue weighted by atomic mass is 127. The van der Waals surface area contributed by atoms with E-state index < -0.39 is 5.92 Å². The number of rotatable bonds is 2. The lowest BCUT2D eigenvalue weighted by molar-refractivity contribution is -0.671. The van der Waals surface area contributed by atoms with Crippen LogP contribution in [-0.4, -0.2) is 5.78 Å². The molecule has 0 saturated carbocycles. The monoisotopic (exact) mass is 397 g/mol. The van der Waals surface area contributed by atoms with Crippen molar-refractivity contribution in [2.24, 2.45) is 12.8 Å². The molecule has 2 N–H and O–H groups in total. The lowest BCUT2D eigenvalue weighted by Crippen LogP contribution is -3.00. The number of pyridine rings is 1. The minimum atomic E-state index is -0.473. The van der Waals surface area contributed by atoms with Crippen LogP contribution >= 0.6 is 0 Å². The van der Waals surface area contributed by atoms with Crippen LogP contribution in [0.2, 0.25) is 0 Å². The first-order chi connectivity index (χ1) is 9.45. The van der Waals surface area contributed by atoms with Crippen molar-refractivity contribution in [2.75, 3.05) is 0 Å². The maximum atomic E-state index is 11.9. The van der Waals surface area contributed by atoms with Crippen LogP contribution in [0, 0.1) is 11.3 Å². The second kappa shape index (κ2) is 6.72. The number of nitriles is 1. The second-order valence-electron chi connectivity index (χ2n) is 4.75. The molecular weight excluding hydrogens is 381 g/mol. The van der Waals surface area contributed by atoms with Crippen molar-refractivity contribution in [3.8, 4) is 6.07 Å². The summed E-state index contributed by atoms with van der Waals surface area (Å²) >= 11 is 0. The molecule has 0 fully saturated rings. The number of carbonyl (C=O) groups is 1. The molecule has 0 spiro atoms. The molecule has 110 valence electrons. The van der Waals surface area contributed by atoms with Gasteiger partial charge >= 0.3 is 0 Å². The zero-order valence-electron chi connectivity index (χ0n) is 12.1. The Labute approximate surface area is 140 Å². The Balaban J connectivity index is 0.00000220. The summed E-state index contributed by atoms with van der Waals surface area (Å²) in [5, 5.41) is 9.34. The number of ketones is 1. The molecule has 0 aromatic carbocycles. The molecule has 1 atom stereocenters. The molecule has 1 aromatic heterocycles. The van der Waals surface area contributed by atoms with Crippen LogP contribution in [0.15, 0.2) is 47.3 Å². The standard InChI is InChI=1S/C15H16N3O2.HI/c1-9(19)13-10(2)20-15(17)12(7-16)14(13)11-5-4-6-18(3)8-11;/h4-6,8,14H,17H2,1-3H3;1H/q+1;/p-1.